The summed E-state index contributed by atoms with van der Waals surface area (Å²) in [4.78, 5) is 81.0. The lowest BCUT2D eigenvalue weighted by molar-refractivity contribution is -0.155. The third-order valence-corrected chi connectivity index (χ3v) is 20.9. The molecule has 3 aromatic heterocycles. The van der Waals surface area contributed by atoms with Crippen molar-refractivity contribution in [1.29, 1.82) is 0 Å². The van der Waals surface area contributed by atoms with Crippen LogP contribution in [0.2, 0.25) is 0 Å². The van der Waals surface area contributed by atoms with Crippen molar-refractivity contribution in [3.63, 3.8) is 0 Å². The van der Waals surface area contributed by atoms with Gasteiger partial charge in [-0.3, -0.25) is 43.9 Å². The number of pyridine rings is 1. The fourth-order valence-corrected chi connectivity index (χ4v) is 16.4. The minimum absolute atomic E-state index is 0.0253. The number of anilines is 1. The molecule has 6 saturated heterocycles. The molecule has 1 aromatic carbocycles. The van der Waals surface area contributed by atoms with Crippen LogP contribution in [0.15, 0.2) is 35.8 Å². The van der Waals surface area contributed by atoms with E-state index >= 15 is 9.59 Å². The number of ether oxygens (including phenoxy) is 2. The van der Waals surface area contributed by atoms with Crippen molar-refractivity contribution < 1.29 is 28.7 Å². The van der Waals surface area contributed by atoms with E-state index in [9.17, 15) is 9.59 Å². The number of rotatable bonds is 10. The lowest BCUT2D eigenvalue weighted by Crippen LogP contribution is -2.62. The number of hydrogen-bond acceptors (Lipinski definition) is 14. The van der Waals surface area contributed by atoms with Gasteiger partial charge in [0.25, 0.3) is 5.91 Å². The highest BCUT2D eigenvalue weighted by Crippen LogP contribution is 2.49. The Hall–Kier alpha value is -4.98. The first-order chi connectivity index (χ1) is 38.6. The number of hydrogen-bond donors (Lipinski definition) is 2. The second-order valence-corrected chi connectivity index (χ2v) is 27.5. The van der Waals surface area contributed by atoms with Gasteiger partial charge in [0.05, 0.1) is 65.9 Å². The highest BCUT2D eigenvalue weighted by Gasteiger charge is 2.59. The maximum atomic E-state index is 15.3. The van der Waals surface area contributed by atoms with Crippen LogP contribution < -0.4 is 15.6 Å². The maximum Gasteiger partial charge on any atom is 0.324 e. The SMILES string of the molecule is CCn1c(-c2cc(N3CCN4CCOC[C@@H]4C3)cnc2C(C)C)c2c3cc(ccc31)-c1csc(n1)C[C@H](NC(=O)[C@H](C1CCCC1)N1CC[C@]3(CCN(C(=O)[C@H]4[C@@H](C5CC5)N4C)C3)C1)C(=O)N1CCC[C@H](N1)C(=O)OCC(C)(C)C2. The molecule has 0 radical (unpaired) electrons. The van der Waals surface area contributed by atoms with Crippen molar-refractivity contribution in [2.75, 3.05) is 90.7 Å². The monoisotopic (exact) mass is 1110 g/mol. The zero-order valence-corrected chi connectivity index (χ0v) is 49.0. The van der Waals surface area contributed by atoms with Gasteiger partial charge in [-0.15, -0.1) is 11.3 Å². The molecule has 2 N–H and O–H groups in total. The Bertz CT molecular complexity index is 3020. The molecular weight excluding hydrogens is 1030 g/mol. The van der Waals surface area contributed by atoms with Gasteiger partial charge in [-0.1, -0.05) is 46.6 Å². The number of esters is 1. The van der Waals surface area contributed by atoms with E-state index in [4.69, 9.17) is 19.4 Å². The van der Waals surface area contributed by atoms with Crippen molar-refractivity contribution in [3.8, 4) is 22.5 Å². The van der Waals surface area contributed by atoms with Crippen LogP contribution in [0, 0.1) is 22.7 Å². The highest BCUT2D eigenvalue weighted by atomic mass is 32.1. The van der Waals surface area contributed by atoms with Crippen molar-refractivity contribution in [2.45, 2.75) is 160 Å². The van der Waals surface area contributed by atoms with Gasteiger partial charge in [-0.2, -0.15) is 0 Å². The van der Waals surface area contributed by atoms with Crippen LogP contribution in [0.1, 0.15) is 121 Å². The standard InChI is InChI=1S/C62H85N11O6S/c1-7-72-50-17-16-41-27-44(50)46(55(72)45-28-42(31-63-52(45)38(2)3)69-24-23-68-25-26-78-33-43(68)32-69)30-61(4,5)37-79-60(77)47-13-10-20-73(66-47)58(75)48(29-51-64-49(41)34-80-51)65-57(74)54(39-11-8-9-12-39)70-21-18-62(35-70)19-22-71(36-62)59(76)56-53(67(56)6)40-14-15-40/h16-17,27-28,31,34,38-40,43,47-48,53-54,56,66H,7-15,18-26,29-30,32-33,35-37H2,1-6H3,(H,65,74)/t43-,47-,48-,53+,54-,56+,62-,67?/m0/s1. The Morgan fingerprint density at radius 1 is 0.963 bits per heavy atom. The molecule has 7 aliphatic heterocycles. The number of likely N-dealkylation sites (tertiary alicyclic amines) is 2. The number of piperazine rings is 1. The summed E-state index contributed by atoms with van der Waals surface area (Å²) < 4.78 is 14.7. The van der Waals surface area contributed by atoms with E-state index in [1.165, 1.54) is 29.7 Å². The molecule has 2 aliphatic carbocycles. The van der Waals surface area contributed by atoms with Gasteiger partial charge in [0, 0.05) is 110 Å². The van der Waals surface area contributed by atoms with Crippen molar-refractivity contribution in [2.24, 2.45) is 22.7 Å². The number of morpholine rings is 1. The normalized spacial score (nSPS) is 30.1. The molecule has 3 amide bonds. The zero-order valence-electron chi connectivity index (χ0n) is 48.2. The summed E-state index contributed by atoms with van der Waals surface area (Å²) in [5.74, 6) is 0.526. The summed E-state index contributed by atoms with van der Waals surface area (Å²) in [5.41, 5.74) is 11.3. The fourth-order valence-electron chi connectivity index (χ4n) is 15.5. The van der Waals surface area contributed by atoms with Gasteiger partial charge >= 0.3 is 5.97 Å². The number of hydrazine groups is 1. The van der Waals surface area contributed by atoms with Crippen LogP contribution in [-0.4, -0.2) is 185 Å². The van der Waals surface area contributed by atoms with Gasteiger partial charge in [0.2, 0.25) is 11.8 Å². The number of cyclic esters (lactones) is 1. The van der Waals surface area contributed by atoms with E-state index < -0.39 is 17.5 Å². The highest BCUT2D eigenvalue weighted by molar-refractivity contribution is 7.10. The molecule has 1 unspecified atom stereocenters. The van der Waals surface area contributed by atoms with E-state index in [0.717, 1.165) is 160 Å². The lowest BCUT2D eigenvalue weighted by Gasteiger charge is -2.44. The molecule has 13 rings (SSSR count). The zero-order chi connectivity index (χ0) is 55.2. The van der Waals surface area contributed by atoms with Crippen molar-refractivity contribution in [3.05, 3.63) is 52.1 Å². The van der Waals surface area contributed by atoms with Gasteiger partial charge in [-0.25, -0.2) is 10.4 Å². The molecule has 430 valence electrons. The summed E-state index contributed by atoms with van der Waals surface area (Å²) in [6.07, 6.45) is 12.5. The minimum Gasteiger partial charge on any atom is -0.464 e. The second-order valence-electron chi connectivity index (χ2n) is 26.6. The molecule has 18 heteroatoms. The van der Waals surface area contributed by atoms with E-state index in [2.05, 4.69) is 117 Å². The first kappa shape index (κ1) is 54.3. The average Bonchev–Trinajstić information content (AvgIpc) is 3.94. The Morgan fingerprint density at radius 3 is 2.59 bits per heavy atom. The molecule has 8 fully saturated rings. The van der Waals surface area contributed by atoms with Crippen LogP contribution in [0.4, 0.5) is 5.69 Å². The third kappa shape index (κ3) is 10.4. The summed E-state index contributed by atoms with van der Waals surface area (Å²) >= 11 is 1.52. The molecule has 10 heterocycles. The minimum atomic E-state index is -0.925. The molecule has 6 bridgehead atoms. The molecule has 4 aromatic rings. The quantitative estimate of drug-likeness (QED) is 0.128. The van der Waals surface area contributed by atoms with E-state index in [0.29, 0.717) is 43.8 Å². The fraction of sp³-hybridized carbons (Fsp3) is 0.677. The molecule has 9 aliphatic rings. The number of thiazole rings is 1. The summed E-state index contributed by atoms with van der Waals surface area (Å²) in [6.45, 7) is 20.8. The summed E-state index contributed by atoms with van der Waals surface area (Å²) in [5, 5.41) is 8.91. The lowest BCUT2D eigenvalue weighted by atomic mass is 9.84. The molecule has 8 atom stereocenters. The van der Waals surface area contributed by atoms with Crippen LogP contribution in [-0.2, 0) is 48.0 Å². The van der Waals surface area contributed by atoms with E-state index in [-0.39, 0.29) is 66.1 Å². The molecule has 2 saturated carbocycles. The second kappa shape index (κ2) is 21.6. The molecule has 17 nitrogen and oxygen atoms in total. The predicted molar refractivity (Wildman–Crippen MR) is 310 cm³/mol. The Morgan fingerprint density at radius 2 is 1.79 bits per heavy atom. The van der Waals surface area contributed by atoms with E-state index in [1.807, 2.05) is 0 Å². The van der Waals surface area contributed by atoms with Gasteiger partial charge in [0.1, 0.15) is 18.1 Å². The Labute approximate surface area is 476 Å². The predicted octanol–water partition coefficient (Wildman–Crippen LogP) is 6.72. The smallest absolute Gasteiger partial charge is 0.324 e. The number of benzene rings is 1. The summed E-state index contributed by atoms with van der Waals surface area (Å²) in [7, 11) is 2.10. The van der Waals surface area contributed by atoms with Gasteiger partial charge in [0.15, 0.2) is 0 Å². The van der Waals surface area contributed by atoms with Crippen LogP contribution in [0.5, 0.6) is 0 Å². The number of aryl methyl sites for hydroxylation is 1. The molecule has 1 spiro atoms. The topological polar surface area (TPSA) is 161 Å². The number of amides is 3. The average molecular weight is 1110 g/mol. The Kier molecular flexibility index (Phi) is 14.7. The van der Waals surface area contributed by atoms with E-state index in [1.54, 1.807) is 5.01 Å². The van der Waals surface area contributed by atoms with Gasteiger partial charge < -0.3 is 29.2 Å². The van der Waals surface area contributed by atoms with Crippen LogP contribution >= 0.6 is 11.3 Å². The number of carbonyl (C=O) groups is 4. The number of nitrogens with one attached hydrogen (secondary N) is 2. The molecular formula is C62H85N11O6S. The number of nitrogens with zero attached hydrogens (tertiary/aromatic N) is 9. The van der Waals surface area contributed by atoms with Crippen LogP contribution in [0.3, 0.4) is 0 Å². The Balaban J connectivity index is 0.819. The first-order valence-corrected chi connectivity index (χ1v) is 31.5. The molecule has 80 heavy (non-hydrogen) atoms. The number of likely N-dealkylation sites (N-methyl/N-ethyl adjacent to an activating group) is 1. The third-order valence-electron chi connectivity index (χ3n) is 20.1. The first-order valence-electron chi connectivity index (χ1n) is 30.6. The number of aromatic nitrogens is 3. The van der Waals surface area contributed by atoms with Crippen molar-refractivity contribution in [1.82, 2.24) is 49.9 Å². The summed E-state index contributed by atoms with van der Waals surface area (Å²) in [6, 6.07) is 7.81. The van der Waals surface area contributed by atoms with Gasteiger partial charge in [-0.05, 0) is 120 Å². The number of carbonyl (C=O) groups excluding carboxylic acids is 4. The largest absolute Gasteiger partial charge is 0.464 e. The number of fused-ring (bicyclic) bond motifs is 7. The van der Waals surface area contributed by atoms with Crippen LogP contribution in [0.25, 0.3) is 33.4 Å². The maximum absolute atomic E-state index is 15.3. The van der Waals surface area contributed by atoms with Crippen molar-refractivity contribution >= 4 is 51.6 Å².